The molecule has 0 heterocycles. The zero-order valence-electron chi connectivity index (χ0n) is 36.4. The fourth-order valence-corrected chi connectivity index (χ4v) is 4.24. The Morgan fingerprint density at radius 2 is 0.574 bits per heavy atom. The van der Waals surface area contributed by atoms with Crippen LogP contribution in [0.15, 0.2) is 147 Å². The molecule has 0 saturated carbocycles. The summed E-state index contributed by atoms with van der Waals surface area (Å²) >= 11 is 0. The minimum atomic E-state index is 0. The van der Waals surface area contributed by atoms with E-state index in [0.29, 0.717) is 48.4 Å². The van der Waals surface area contributed by atoms with Crippen LogP contribution in [-0.4, -0.2) is 105 Å². The molecule has 0 amide bonds. The van der Waals surface area contributed by atoms with Crippen molar-refractivity contribution in [3.05, 3.63) is 155 Å². The third-order valence-electron chi connectivity index (χ3n) is 7.50. The van der Waals surface area contributed by atoms with E-state index in [-0.39, 0.29) is 62.0 Å². The summed E-state index contributed by atoms with van der Waals surface area (Å²) in [6.07, 6.45) is 6.50. The van der Waals surface area contributed by atoms with Crippen molar-refractivity contribution in [2.24, 2.45) is 20.0 Å². The Morgan fingerprint density at radius 1 is 0.361 bits per heavy atom. The predicted molar refractivity (Wildman–Crippen MR) is 240 cm³/mol. The van der Waals surface area contributed by atoms with Crippen molar-refractivity contribution in [1.82, 2.24) is 21.3 Å². The molecule has 0 aliphatic rings. The molecule has 0 atom stereocenters. The van der Waals surface area contributed by atoms with Gasteiger partial charge in [0.05, 0.1) is 26.2 Å². The molecular formula is C47H60N8O4Zn2. The van der Waals surface area contributed by atoms with Crippen LogP contribution < -0.4 is 41.7 Å². The van der Waals surface area contributed by atoms with Crippen LogP contribution in [0.25, 0.3) is 0 Å². The van der Waals surface area contributed by atoms with Gasteiger partial charge in [0, 0.05) is 51.0 Å². The van der Waals surface area contributed by atoms with E-state index in [2.05, 4.69) is 60.3 Å². The van der Waals surface area contributed by atoms with E-state index in [1.54, 1.807) is 97.7 Å². The van der Waals surface area contributed by atoms with Gasteiger partial charge in [-0.05, 0) is 57.4 Å². The Hall–Kier alpha value is -4.93. The molecule has 0 unspecified atom stereocenters. The largest absolute Gasteiger partial charge is 2.00 e. The number of nitrogens with zero attached hydrogens (tertiary/aromatic N) is 4. The van der Waals surface area contributed by atoms with Crippen molar-refractivity contribution in [2.75, 3.05) is 80.5 Å². The molecule has 0 aliphatic carbocycles. The maximum Gasteiger partial charge on any atom is 2.00 e. The van der Waals surface area contributed by atoms with E-state index in [1.165, 1.54) is 5.56 Å². The van der Waals surface area contributed by atoms with E-state index >= 15 is 0 Å². The second-order valence-electron chi connectivity index (χ2n) is 12.4. The average molecular weight is 932 g/mol. The maximum atomic E-state index is 11.2. The molecule has 5 rings (SSSR count). The maximum absolute atomic E-state index is 11.2. The van der Waals surface area contributed by atoms with Gasteiger partial charge in [-0.25, -0.2) is 0 Å². The van der Waals surface area contributed by atoms with Gasteiger partial charge in [-0.2, -0.15) is 0 Å². The first-order valence-corrected chi connectivity index (χ1v) is 19.4. The summed E-state index contributed by atoms with van der Waals surface area (Å²) < 4.78 is 0. The molecule has 0 bridgehead atoms. The number of hydrogen-bond acceptors (Lipinski definition) is 12. The Labute approximate surface area is 389 Å². The summed E-state index contributed by atoms with van der Waals surface area (Å²) in [6.45, 7) is 8.20. The predicted octanol–water partition coefficient (Wildman–Crippen LogP) is 3.58. The van der Waals surface area contributed by atoms with Gasteiger partial charge in [0.2, 0.25) is 0 Å². The van der Waals surface area contributed by atoms with Crippen LogP contribution in [0.1, 0.15) is 27.8 Å². The first-order chi connectivity index (χ1) is 28.8. The monoisotopic (exact) mass is 928 g/mol. The van der Waals surface area contributed by atoms with E-state index < -0.39 is 0 Å². The molecule has 12 nitrogen and oxygen atoms in total. The minimum Gasteiger partial charge on any atom is -0.872 e. The molecule has 316 valence electrons. The molecule has 61 heavy (non-hydrogen) atoms. The first kappa shape index (κ1) is 58.2. The molecule has 0 fully saturated rings. The fraction of sp³-hybridized carbons (Fsp3) is 0.277. The smallest absolute Gasteiger partial charge is 0.872 e. The zero-order chi connectivity index (χ0) is 43.2. The van der Waals surface area contributed by atoms with Gasteiger partial charge in [0.15, 0.2) is 0 Å². The number of likely N-dealkylation sites (N-methyl/N-ethyl adjacent to an activating group) is 4. The topological polar surface area (TPSA) is 190 Å². The van der Waals surface area contributed by atoms with Gasteiger partial charge < -0.3 is 41.7 Å². The van der Waals surface area contributed by atoms with Gasteiger partial charge in [-0.1, -0.05) is 133 Å². The Bertz CT molecular complexity index is 1680. The number of para-hydroxylation sites is 4. The van der Waals surface area contributed by atoms with Crippen molar-refractivity contribution < 1.29 is 59.4 Å². The number of nitrogens with one attached hydrogen (secondary N) is 4. The molecule has 0 radical (unpaired) electrons. The van der Waals surface area contributed by atoms with Gasteiger partial charge in [0.25, 0.3) is 0 Å². The summed E-state index contributed by atoms with van der Waals surface area (Å²) in [5.74, 6) is 0.0952. The molecule has 5 aromatic carbocycles. The average Bonchev–Trinajstić information content (AvgIpc) is 3.25. The van der Waals surface area contributed by atoms with Gasteiger partial charge in [0.1, 0.15) is 0 Å². The molecule has 0 aromatic heterocycles. The van der Waals surface area contributed by atoms with Crippen LogP contribution in [0, 0.1) is 6.92 Å². The van der Waals surface area contributed by atoms with Crippen molar-refractivity contribution >= 4 is 24.9 Å². The first-order valence-electron chi connectivity index (χ1n) is 19.4. The van der Waals surface area contributed by atoms with Gasteiger partial charge >= 0.3 is 39.0 Å². The minimum absolute atomic E-state index is 0. The number of aliphatic imine (C=N–C) groups is 4. The standard InChI is InChI=1S/4C10H14N2O.C7H8.2Zn/c4*1-11-6-7-12-8-9-4-2-3-5-10(9)13;1-7-5-3-2-4-6-7;;/h4*2-5,8,11,13H,6-7H2,1H3;2-6H,1H3;;/q;;;;;2*+2/p-4. The molecule has 0 saturated heterocycles. The second-order valence-corrected chi connectivity index (χ2v) is 12.4. The normalized spacial score (nSPS) is 10.2. The van der Waals surface area contributed by atoms with Crippen molar-refractivity contribution in [3.63, 3.8) is 0 Å². The zero-order valence-corrected chi connectivity index (χ0v) is 42.4. The van der Waals surface area contributed by atoms with E-state index in [1.807, 2.05) is 70.7 Å². The van der Waals surface area contributed by atoms with Crippen LogP contribution >= 0.6 is 0 Å². The van der Waals surface area contributed by atoms with Crippen LogP contribution in [0.5, 0.6) is 23.0 Å². The molecule has 0 aliphatic heterocycles. The van der Waals surface area contributed by atoms with Gasteiger partial charge in [-0.3, -0.25) is 20.0 Å². The SMILES string of the molecule is CNCCN=Cc1ccccc1[O-].CNCCN=Cc1ccccc1[O-].CNCCN=Cc1ccccc1[O-].CNCCN=Cc1ccccc1[O-].Cc1ccccc1.[Zn+2].[Zn+2]. The number of rotatable bonds is 16. The Balaban J connectivity index is 0. The molecule has 14 heteroatoms. The van der Waals surface area contributed by atoms with Crippen molar-refractivity contribution in [2.45, 2.75) is 6.92 Å². The Kier molecular flexibility index (Phi) is 38.6. The third-order valence-corrected chi connectivity index (χ3v) is 7.50. The molecule has 5 aromatic rings. The van der Waals surface area contributed by atoms with Crippen LogP contribution in [0.3, 0.4) is 0 Å². The Morgan fingerprint density at radius 3 is 0.754 bits per heavy atom. The number of benzene rings is 5. The quantitative estimate of drug-likeness (QED) is 0.0657. The summed E-state index contributed by atoms with van der Waals surface area (Å²) in [6, 6.07) is 37.8. The summed E-state index contributed by atoms with van der Waals surface area (Å²) in [5.41, 5.74) is 3.93. The number of hydrogen-bond donors (Lipinski definition) is 4. The van der Waals surface area contributed by atoms with Crippen molar-refractivity contribution in [1.29, 1.82) is 0 Å². The van der Waals surface area contributed by atoms with Crippen LogP contribution in [-0.2, 0) is 39.0 Å². The molecule has 4 N–H and O–H groups in total. The van der Waals surface area contributed by atoms with Gasteiger partial charge in [-0.15, -0.1) is 23.0 Å². The van der Waals surface area contributed by atoms with E-state index in [9.17, 15) is 20.4 Å². The fourth-order valence-electron chi connectivity index (χ4n) is 4.24. The summed E-state index contributed by atoms with van der Waals surface area (Å²) in [4.78, 5) is 16.4. The molecular weight excluding hydrogens is 871 g/mol. The molecule has 0 spiro atoms. The number of aryl methyl sites for hydroxylation is 1. The van der Waals surface area contributed by atoms with Crippen LogP contribution in [0.2, 0.25) is 0 Å². The third kappa shape index (κ3) is 30.7. The second kappa shape index (κ2) is 40.5. The van der Waals surface area contributed by atoms with Crippen LogP contribution in [0.4, 0.5) is 0 Å². The van der Waals surface area contributed by atoms with E-state index in [0.717, 1.165) is 26.2 Å². The summed E-state index contributed by atoms with van der Waals surface area (Å²) in [5, 5.41) is 56.6. The van der Waals surface area contributed by atoms with Crippen molar-refractivity contribution in [3.8, 4) is 23.0 Å². The summed E-state index contributed by atoms with van der Waals surface area (Å²) in [7, 11) is 7.49. The van der Waals surface area contributed by atoms with E-state index in [4.69, 9.17) is 0 Å².